The highest BCUT2D eigenvalue weighted by Crippen LogP contribution is 2.11. The molecule has 0 aliphatic rings. The molecular formula is C13H20NOS. The average Bonchev–Trinajstić information content (AvgIpc) is 2.35. The molecule has 0 aromatic heterocycles. The van der Waals surface area contributed by atoms with Crippen LogP contribution in [0.15, 0.2) is 24.3 Å². The van der Waals surface area contributed by atoms with Gasteiger partial charge in [-0.05, 0) is 12.5 Å². The maximum absolute atomic E-state index is 5.57. The second-order valence-electron chi connectivity index (χ2n) is 3.38. The number of hydrogen-bond acceptors (Lipinski definition) is 3. The third-order valence-electron chi connectivity index (χ3n) is 2.21. The van der Waals surface area contributed by atoms with Crippen LogP contribution in [0.25, 0.3) is 0 Å². The normalized spacial score (nSPS) is 10.7. The predicted octanol–water partition coefficient (Wildman–Crippen LogP) is 3.25. The molecular weight excluding hydrogens is 218 g/mol. The van der Waals surface area contributed by atoms with Crippen LogP contribution < -0.4 is 4.74 Å². The smallest absolute Gasteiger partial charge is 0.127 e. The van der Waals surface area contributed by atoms with Crippen LogP contribution in [0, 0.1) is 6.07 Å². The van der Waals surface area contributed by atoms with Crippen molar-refractivity contribution in [2.24, 2.45) is 0 Å². The molecule has 1 aromatic rings. The van der Waals surface area contributed by atoms with Gasteiger partial charge < -0.3 is 4.74 Å². The van der Waals surface area contributed by atoms with Gasteiger partial charge in [0, 0.05) is 24.9 Å². The fourth-order valence-corrected chi connectivity index (χ4v) is 2.18. The largest absolute Gasteiger partial charge is 0.493 e. The molecule has 1 radical (unpaired) electrons. The molecule has 0 bridgehead atoms. The van der Waals surface area contributed by atoms with Crippen LogP contribution in [0.1, 0.15) is 20.3 Å². The number of rotatable bonds is 8. The van der Waals surface area contributed by atoms with Crippen LogP contribution in [-0.2, 0) is 0 Å². The van der Waals surface area contributed by atoms with Gasteiger partial charge in [-0.1, -0.05) is 44.0 Å². The molecule has 0 aliphatic carbocycles. The van der Waals surface area contributed by atoms with Crippen molar-refractivity contribution in [2.45, 2.75) is 20.3 Å². The van der Waals surface area contributed by atoms with Gasteiger partial charge in [-0.15, -0.1) is 0 Å². The Kier molecular flexibility index (Phi) is 7.10. The Labute approximate surface area is 103 Å². The molecule has 3 heteroatoms. The topological polar surface area (TPSA) is 12.5 Å². The maximum Gasteiger partial charge on any atom is 0.127 e. The molecule has 0 saturated carbocycles. The van der Waals surface area contributed by atoms with Crippen molar-refractivity contribution in [2.75, 3.05) is 25.4 Å². The Bertz CT molecular complexity index is 262. The molecule has 0 unspecified atom stereocenters. The van der Waals surface area contributed by atoms with Crippen LogP contribution in [0.4, 0.5) is 0 Å². The fourth-order valence-electron chi connectivity index (χ4n) is 1.31. The highest BCUT2D eigenvalue weighted by Gasteiger charge is 1.99. The summed E-state index contributed by atoms with van der Waals surface area (Å²) in [6, 6.07) is 10.8. The van der Waals surface area contributed by atoms with Gasteiger partial charge in [0.05, 0.1) is 6.61 Å². The lowest BCUT2D eigenvalue weighted by molar-refractivity contribution is 0.317. The highest BCUT2D eigenvalue weighted by atomic mass is 32.2. The Morgan fingerprint density at radius 1 is 1.31 bits per heavy atom. The maximum atomic E-state index is 5.57. The SMILES string of the molecule is CCN(CC)SCCCOc1[c]cccc1. The molecule has 0 fully saturated rings. The van der Waals surface area contributed by atoms with Crippen molar-refractivity contribution in [3.05, 3.63) is 30.3 Å². The molecule has 2 nitrogen and oxygen atoms in total. The fraction of sp³-hybridized carbons (Fsp3) is 0.538. The Hall–Kier alpha value is -0.670. The molecule has 0 heterocycles. The van der Waals surface area contributed by atoms with Gasteiger partial charge in [0.1, 0.15) is 5.75 Å². The molecule has 0 N–H and O–H groups in total. The minimum atomic E-state index is 0.773. The first-order valence-electron chi connectivity index (χ1n) is 5.84. The summed E-state index contributed by atoms with van der Waals surface area (Å²) in [6.45, 7) is 7.36. The molecule has 1 aromatic carbocycles. The summed E-state index contributed by atoms with van der Waals surface area (Å²) < 4.78 is 7.92. The van der Waals surface area contributed by atoms with E-state index in [4.69, 9.17) is 4.74 Å². The van der Waals surface area contributed by atoms with Crippen LogP contribution in [-0.4, -0.2) is 29.8 Å². The van der Waals surface area contributed by atoms with Crippen LogP contribution >= 0.6 is 11.9 Å². The third kappa shape index (κ3) is 5.42. The first kappa shape index (κ1) is 13.4. The average molecular weight is 238 g/mol. The van der Waals surface area contributed by atoms with Crippen molar-refractivity contribution in [1.82, 2.24) is 4.31 Å². The van der Waals surface area contributed by atoms with Gasteiger partial charge in [-0.25, -0.2) is 0 Å². The summed E-state index contributed by atoms with van der Waals surface area (Å²) >= 11 is 1.90. The summed E-state index contributed by atoms with van der Waals surface area (Å²) in [6.07, 6.45) is 1.07. The first-order chi connectivity index (χ1) is 7.86. The summed E-state index contributed by atoms with van der Waals surface area (Å²) in [5, 5.41) is 0. The number of para-hydroxylation sites is 1. The zero-order valence-corrected chi connectivity index (χ0v) is 10.9. The van der Waals surface area contributed by atoms with Crippen molar-refractivity contribution in [3.63, 3.8) is 0 Å². The molecule has 0 spiro atoms. The molecule has 0 aliphatic heterocycles. The second kappa shape index (κ2) is 8.48. The number of hydrogen-bond donors (Lipinski definition) is 0. The molecule has 0 saturated heterocycles. The van der Waals surface area contributed by atoms with Crippen LogP contribution in [0.2, 0.25) is 0 Å². The summed E-state index contributed by atoms with van der Waals surface area (Å²) in [5.41, 5.74) is 0. The van der Waals surface area contributed by atoms with E-state index in [1.165, 1.54) is 0 Å². The Morgan fingerprint density at radius 3 is 2.75 bits per heavy atom. The van der Waals surface area contributed by atoms with Gasteiger partial charge in [0.25, 0.3) is 0 Å². The van der Waals surface area contributed by atoms with Crippen LogP contribution in [0.5, 0.6) is 5.75 Å². The van der Waals surface area contributed by atoms with E-state index in [0.29, 0.717) is 0 Å². The zero-order valence-electron chi connectivity index (χ0n) is 10.1. The van der Waals surface area contributed by atoms with E-state index in [0.717, 1.165) is 37.6 Å². The van der Waals surface area contributed by atoms with Crippen molar-refractivity contribution in [3.8, 4) is 5.75 Å². The third-order valence-corrected chi connectivity index (χ3v) is 3.56. The lowest BCUT2D eigenvalue weighted by atomic mass is 10.3. The Balaban J connectivity index is 2.04. The van der Waals surface area contributed by atoms with E-state index >= 15 is 0 Å². The van der Waals surface area contributed by atoms with E-state index in [-0.39, 0.29) is 0 Å². The van der Waals surface area contributed by atoms with E-state index < -0.39 is 0 Å². The van der Waals surface area contributed by atoms with Gasteiger partial charge >= 0.3 is 0 Å². The first-order valence-corrected chi connectivity index (χ1v) is 6.78. The lowest BCUT2D eigenvalue weighted by Crippen LogP contribution is -2.15. The van der Waals surface area contributed by atoms with Gasteiger partial charge in [-0.3, -0.25) is 4.31 Å². The second-order valence-corrected chi connectivity index (χ2v) is 4.56. The minimum Gasteiger partial charge on any atom is -0.493 e. The quantitative estimate of drug-likeness (QED) is 0.509. The van der Waals surface area contributed by atoms with Crippen molar-refractivity contribution in [1.29, 1.82) is 0 Å². The molecule has 89 valence electrons. The van der Waals surface area contributed by atoms with Gasteiger partial charge in [0.15, 0.2) is 0 Å². The van der Waals surface area contributed by atoms with E-state index in [9.17, 15) is 0 Å². The summed E-state index contributed by atoms with van der Waals surface area (Å²) in [5.74, 6) is 1.96. The van der Waals surface area contributed by atoms with Crippen LogP contribution in [0.3, 0.4) is 0 Å². The standard InChI is InChI=1S/C13H20NOS/c1-3-14(4-2)16-12-8-11-15-13-9-6-5-7-10-13/h5-7,9H,3-4,8,11-12H2,1-2H3. The minimum absolute atomic E-state index is 0.773. The van der Waals surface area contributed by atoms with Gasteiger partial charge in [-0.2, -0.15) is 0 Å². The predicted molar refractivity (Wildman–Crippen MR) is 70.8 cm³/mol. The summed E-state index contributed by atoms with van der Waals surface area (Å²) in [7, 11) is 0. The number of ether oxygens (including phenoxy) is 1. The highest BCUT2D eigenvalue weighted by molar-refractivity contribution is 7.97. The molecule has 0 amide bonds. The van der Waals surface area contributed by atoms with Crippen molar-refractivity contribution < 1.29 is 4.74 Å². The monoisotopic (exact) mass is 238 g/mol. The number of benzene rings is 1. The lowest BCUT2D eigenvalue weighted by Gasteiger charge is -2.16. The molecule has 0 atom stereocenters. The van der Waals surface area contributed by atoms with Gasteiger partial charge in [0.2, 0.25) is 0 Å². The number of nitrogens with zero attached hydrogens (tertiary/aromatic N) is 1. The molecule has 1 rings (SSSR count). The Morgan fingerprint density at radius 2 is 2.12 bits per heavy atom. The zero-order chi connectivity index (χ0) is 11.6. The van der Waals surface area contributed by atoms with E-state index in [1.54, 1.807) is 0 Å². The van der Waals surface area contributed by atoms with E-state index in [2.05, 4.69) is 24.2 Å². The van der Waals surface area contributed by atoms with Crippen molar-refractivity contribution >= 4 is 11.9 Å². The molecule has 16 heavy (non-hydrogen) atoms. The summed E-state index contributed by atoms with van der Waals surface area (Å²) in [4.78, 5) is 0. The van der Waals surface area contributed by atoms with E-state index in [1.807, 2.05) is 36.2 Å².